The number of aryl methyl sites for hydroxylation is 1. The lowest BCUT2D eigenvalue weighted by molar-refractivity contribution is -0.114. The molecule has 2 N–H and O–H groups in total. The van der Waals surface area contributed by atoms with Crippen LogP contribution in [0.1, 0.15) is 11.1 Å². The quantitative estimate of drug-likeness (QED) is 0.506. The average Bonchev–Trinajstić information content (AvgIpc) is 2.30. The molecule has 0 heterocycles. The van der Waals surface area contributed by atoms with Crippen LogP contribution in [-0.4, -0.2) is 5.91 Å². The van der Waals surface area contributed by atoms with Crippen LogP contribution in [0.4, 0.5) is 0 Å². The molecule has 86 valence electrons. The van der Waals surface area contributed by atoms with Crippen molar-refractivity contribution in [1.82, 2.24) is 0 Å². The smallest absolute Gasteiger partial charge is 0.259 e. The van der Waals surface area contributed by atoms with Crippen molar-refractivity contribution in [2.45, 2.75) is 6.92 Å². The van der Waals surface area contributed by atoms with Crippen molar-refractivity contribution in [3.63, 3.8) is 0 Å². The van der Waals surface area contributed by atoms with E-state index in [1.54, 1.807) is 6.07 Å². The second-order valence-corrected chi connectivity index (χ2v) is 3.84. The number of primary amides is 1. The van der Waals surface area contributed by atoms with E-state index in [-0.39, 0.29) is 5.57 Å². The third-order valence-corrected chi connectivity index (χ3v) is 2.45. The molecule has 1 amide bonds. The Morgan fingerprint density at radius 3 is 2.41 bits per heavy atom. The summed E-state index contributed by atoms with van der Waals surface area (Å²) in [6, 6.07) is 9.27. The van der Waals surface area contributed by atoms with Crippen LogP contribution < -0.4 is 5.73 Å². The number of carbonyl (C=O) groups excluding carboxylic acids is 1. The van der Waals surface area contributed by atoms with Crippen molar-refractivity contribution in [3.05, 3.63) is 53.1 Å². The van der Waals surface area contributed by atoms with Crippen molar-refractivity contribution in [2.24, 2.45) is 5.73 Å². The van der Waals surface area contributed by atoms with Gasteiger partial charge in [-0.1, -0.05) is 41.4 Å². The van der Waals surface area contributed by atoms with Crippen LogP contribution in [0.2, 0.25) is 0 Å². The minimum atomic E-state index is -0.767. The highest BCUT2D eigenvalue weighted by Gasteiger charge is 2.01. The van der Waals surface area contributed by atoms with Crippen molar-refractivity contribution in [1.29, 1.82) is 5.26 Å². The molecule has 0 aliphatic carbocycles. The maximum atomic E-state index is 10.8. The zero-order valence-corrected chi connectivity index (χ0v) is 10.0. The highest BCUT2D eigenvalue weighted by molar-refractivity contribution is 6.48. The molecular formula is C13H11ClN2O. The fraction of sp³-hybridized carbons (Fsp3) is 0.0769. The summed E-state index contributed by atoms with van der Waals surface area (Å²) in [5, 5.41) is 9.07. The van der Waals surface area contributed by atoms with Gasteiger partial charge in [0.05, 0.1) is 0 Å². The number of hydrogen-bond donors (Lipinski definition) is 1. The molecule has 1 aromatic rings. The van der Waals surface area contributed by atoms with Crippen LogP contribution in [-0.2, 0) is 4.79 Å². The predicted octanol–water partition coefficient (Wildman–Crippen LogP) is 2.51. The van der Waals surface area contributed by atoms with Crippen LogP contribution >= 0.6 is 11.6 Å². The van der Waals surface area contributed by atoms with Gasteiger partial charge in [-0.25, -0.2) is 0 Å². The SMILES string of the molecule is Cc1ccc(/C(Cl)=C\C=C(/C#N)C(N)=O)cc1. The molecular weight excluding hydrogens is 236 g/mol. The van der Waals surface area contributed by atoms with Crippen LogP contribution in [0.15, 0.2) is 42.0 Å². The van der Waals surface area contributed by atoms with E-state index < -0.39 is 5.91 Å². The van der Waals surface area contributed by atoms with Gasteiger partial charge in [-0.3, -0.25) is 4.79 Å². The van der Waals surface area contributed by atoms with E-state index >= 15 is 0 Å². The molecule has 0 aromatic heterocycles. The highest BCUT2D eigenvalue weighted by atomic mass is 35.5. The number of nitrogens with zero attached hydrogens (tertiary/aromatic N) is 1. The molecule has 0 bridgehead atoms. The van der Waals surface area contributed by atoms with Gasteiger partial charge in [-0.05, 0) is 24.6 Å². The van der Waals surface area contributed by atoms with Crippen LogP contribution in [0.3, 0.4) is 0 Å². The summed E-state index contributed by atoms with van der Waals surface area (Å²) < 4.78 is 0. The molecule has 1 aromatic carbocycles. The van der Waals surface area contributed by atoms with Crippen molar-refractivity contribution < 1.29 is 4.79 Å². The highest BCUT2D eigenvalue weighted by Crippen LogP contribution is 2.19. The van der Waals surface area contributed by atoms with Crippen LogP contribution in [0.25, 0.3) is 5.03 Å². The molecule has 0 radical (unpaired) electrons. The van der Waals surface area contributed by atoms with E-state index in [1.165, 1.54) is 12.2 Å². The number of nitrogens with two attached hydrogens (primary N) is 1. The van der Waals surface area contributed by atoms with E-state index in [4.69, 9.17) is 22.6 Å². The third kappa shape index (κ3) is 3.78. The number of carbonyl (C=O) groups is 1. The van der Waals surface area contributed by atoms with Crippen molar-refractivity contribution >= 4 is 22.5 Å². The summed E-state index contributed by atoms with van der Waals surface area (Å²) in [4.78, 5) is 10.8. The summed E-state index contributed by atoms with van der Waals surface area (Å²) in [5.74, 6) is -0.767. The van der Waals surface area contributed by atoms with Gasteiger partial charge < -0.3 is 5.73 Å². The largest absolute Gasteiger partial charge is 0.365 e. The number of amides is 1. The Labute approximate surface area is 105 Å². The molecule has 0 aliphatic heterocycles. The first kappa shape index (κ1) is 13.0. The molecule has 0 unspecified atom stereocenters. The predicted molar refractivity (Wildman–Crippen MR) is 67.9 cm³/mol. The zero-order valence-electron chi connectivity index (χ0n) is 9.27. The Kier molecular flexibility index (Phi) is 4.50. The van der Waals surface area contributed by atoms with E-state index in [2.05, 4.69) is 0 Å². The van der Waals surface area contributed by atoms with Gasteiger partial charge in [-0.15, -0.1) is 0 Å². The molecule has 17 heavy (non-hydrogen) atoms. The summed E-state index contributed by atoms with van der Waals surface area (Å²) in [7, 11) is 0. The second kappa shape index (κ2) is 5.88. The molecule has 0 aliphatic rings. The lowest BCUT2D eigenvalue weighted by Gasteiger charge is -1.98. The molecule has 0 atom stereocenters. The van der Waals surface area contributed by atoms with Gasteiger partial charge >= 0.3 is 0 Å². The first-order valence-electron chi connectivity index (χ1n) is 4.89. The molecule has 0 saturated heterocycles. The Morgan fingerprint density at radius 2 is 1.94 bits per heavy atom. The van der Waals surface area contributed by atoms with E-state index in [1.807, 2.05) is 31.2 Å². The first-order chi connectivity index (χ1) is 8.04. The summed E-state index contributed by atoms with van der Waals surface area (Å²) in [5.41, 5.74) is 6.80. The van der Waals surface area contributed by atoms with E-state index in [9.17, 15) is 4.79 Å². The Bertz CT molecular complexity index is 521. The Morgan fingerprint density at radius 1 is 1.35 bits per heavy atom. The van der Waals surface area contributed by atoms with Gasteiger partial charge in [0.1, 0.15) is 11.6 Å². The first-order valence-corrected chi connectivity index (χ1v) is 5.27. The number of allylic oxidation sites excluding steroid dienone is 2. The van der Waals surface area contributed by atoms with Gasteiger partial charge in [0, 0.05) is 5.03 Å². The third-order valence-electron chi connectivity index (χ3n) is 2.11. The lowest BCUT2D eigenvalue weighted by Crippen LogP contribution is -2.12. The topological polar surface area (TPSA) is 66.9 Å². The van der Waals surface area contributed by atoms with E-state index in [0.29, 0.717) is 5.03 Å². The van der Waals surface area contributed by atoms with Crippen molar-refractivity contribution in [3.8, 4) is 6.07 Å². The summed E-state index contributed by atoms with van der Waals surface area (Å²) in [6.45, 7) is 1.97. The summed E-state index contributed by atoms with van der Waals surface area (Å²) >= 11 is 6.02. The number of halogens is 1. The van der Waals surface area contributed by atoms with Gasteiger partial charge in [0.2, 0.25) is 0 Å². The summed E-state index contributed by atoms with van der Waals surface area (Å²) in [6.07, 6.45) is 2.79. The molecule has 3 nitrogen and oxygen atoms in total. The monoisotopic (exact) mass is 246 g/mol. The van der Waals surface area contributed by atoms with Gasteiger partial charge in [0.15, 0.2) is 0 Å². The van der Waals surface area contributed by atoms with Crippen LogP contribution in [0, 0.1) is 18.3 Å². The Hall–Kier alpha value is -2.05. The molecule has 1 rings (SSSR count). The minimum absolute atomic E-state index is 0.129. The van der Waals surface area contributed by atoms with Gasteiger partial charge in [-0.2, -0.15) is 5.26 Å². The number of hydrogen-bond acceptors (Lipinski definition) is 2. The van der Waals surface area contributed by atoms with Crippen LogP contribution in [0.5, 0.6) is 0 Å². The number of benzene rings is 1. The fourth-order valence-corrected chi connectivity index (χ4v) is 1.33. The number of nitriles is 1. The fourth-order valence-electron chi connectivity index (χ4n) is 1.14. The Balaban J connectivity index is 2.98. The molecule has 4 heteroatoms. The average molecular weight is 247 g/mol. The zero-order chi connectivity index (χ0) is 12.8. The lowest BCUT2D eigenvalue weighted by atomic mass is 10.1. The normalized spacial score (nSPS) is 12.1. The minimum Gasteiger partial charge on any atom is -0.365 e. The van der Waals surface area contributed by atoms with E-state index in [0.717, 1.165) is 11.1 Å². The van der Waals surface area contributed by atoms with Crippen molar-refractivity contribution in [2.75, 3.05) is 0 Å². The number of rotatable bonds is 3. The maximum absolute atomic E-state index is 10.8. The maximum Gasteiger partial charge on any atom is 0.259 e. The molecule has 0 fully saturated rings. The molecule has 0 spiro atoms. The van der Waals surface area contributed by atoms with Gasteiger partial charge in [0.25, 0.3) is 5.91 Å². The standard InChI is InChI=1S/C13H11ClN2O/c1-9-2-4-10(5-3-9)12(14)7-6-11(8-15)13(16)17/h2-7H,1H3,(H2,16,17)/b11-6+,12-7+. The second-order valence-electron chi connectivity index (χ2n) is 3.44. The molecule has 0 saturated carbocycles.